The smallest absolute Gasteiger partial charge is 0.190 e. The highest BCUT2D eigenvalue weighted by Crippen LogP contribution is 2.16. The third-order valence-corrected chi connectivity index (χ3v) is 2.99. The second-order valence-electron chi connectivity index (χ2n) is 3.87. The van der Waals surface area contributed by atoms with Crippen LogP contribution in [0.1, 0.15) is 18.9 Å². The van der Waals surface area contributed by atoms with E-state index in [-0.39, 0.29) is 29.8 Å². The monoisotopic (exact) mass is 443 g/mol. The quantitative estimate of drug-likeness (QED) is 0.317. The van der Waals surface area contributed by atoms with Gasteiger partial charge in [-0.2, -0.15) is 0 Å². The minimum atomic E-state index is -0.152. The lowest BCUT2D eigenvalue weighted by Gasteiger charge is -2.10. The van der Waals surface area contributed by atoms with Gasteiger partial charge in [0.1, 0.15) is 5.82 Å². The van der Waals surface area contributed by atoms with Gasteiger partial charge in [0.25, 0.3) is 0 Å². The molecule has 0 atom stereocenters. The molecule has 0 amide bonds. The minimum absolute atomic E-state index is 0. The van der Waals surface area contributed by atoms with Crippen LogP contribution in [-0.4, -0.2) is 26.1 Å². The molecule has 0 unspecified atom stereocenters. The van der Waals surface area contributed by atoms with Crippen LogP contribution >= 0.6 is 39.9 Å². The van der Waals surface area contributed by atoms with Crippen molar-refractivity contribution in [3.63, 3.8) is 0 Å². The molecule has 1 rings (SSSR count). The Morgan fingerprint density at radius 1 is 1.37 bits per heavy atom. The summed E-state index contributed by atoms with van der Waals surface area (Å²) in [4.78, 5) is 4.07. The van der Waals surface area contributed by atoms with E-state index in [4.69, 9.17) is 0 Å². The fourth-order valence-corrected chi connectivity index (χ4v) is 1.93. The number of aliphatic imine (C=N–C) groups is 1. The fourth-order valence-electron chi connectivity index (χ4n) is 1.60. The van der Waals surface area contributed by atoms with Crippen LogP contribution in [0.5, 0.6) is 0 Å². The number of rotatable bonds is 5. The summed E-state index contributed by atoms with van der Waals surface area (Å²) in [6.45, 7) is 3.63. The van der Waals surface area contributed by atoms with Crippen LogP contribution < -0.4 is 10.6 Å². The average Bonchev–Trinajstić information content (AvgIpc) is 2.35. The Morgan fingerprint density at radius 3 is 2.68 bits per heavy atom. The van der Waals surface area contributed by atoms with Gasteiger partial charge in [-0.05, 0) is 37.5 Å². The van der Waals surface area contributed by atoms with Crippen molar-refractivity contribution in [1.29, 1.82) is 0 Å². The number of hydrogen-bond donors (Lipinski definition) is 2. The van der Waals surface area contributed by atoms with Crippen LogP contribution in [0.15, 0.2) is 27.7 Å². The Kier molecular flexibility index (Phi) is 10.2. The van der Waals surface area contributed by atoms with E-state index in [1.54, 1.807) is 7.05 Å². The number of halogens is 3. The summed E-state index contributed by atoms with van der Waals surface area (Å²) in [6.07, 6.45) is 1.58. The van der Waals surface area contributed by atoms with E-state index in [1.165, 1.54) is 6.07 Å². The molecule has 0 saturated carbocycles. The van der Waals surface area contributed by atoms with Crippen molar-refractivity contribution in [3.05, 3.63) is 34.1 Å². The van der Waals surface area contributed by atoms with Crippen molar-refractivity contribution in [2.75, 3.05) is 20.1 Å². The summed E-state index contributed by atoms with van der Waals surface area (Å²) in [5, 5.41) is 6.29. The van der Waals surface area contributed by atoms with Crippen molar-refractivity contribution in [2.45, 2.75) is 19.8 Å². The largest absolute Gasteiger partial charge is 0.357 e. The number of nitrogens with zero attached hydrogens (tertiary/aromatic N) is 1. The molecule has 0 bridgehead atoms. The van der Waals surface area contributed by atoms with Gasteiger partial charge >= 0.3 is 0 Å². The molecule has 1 aromatic carbocycles. The van der Waals surface area contributed by atoms with Gasteiger partial charge in [-0.1, -0.05) is 22.0 Å². The molecular formula is C13H20BrFIN3. The third kappa shape index (κ3) is 7.10. The van der Waals surface area contributed by atoms with Gasteiger partial charge in [0.05, 0.1) is 0 Å². The summed E-state index contributed by atoms with van der Waals surface area (Å²) in [5.74, 6) is 0.634. The molecule has 0 radical (unpaired) electrons. The van der Waals surface area contributed by atoms with Crippen molar-refractivity contribution in [3.8, 4) is 0 Å². The van der Waals surface area contributed by atoms with E-state index in [9.17, 15) is 4.39 Å². The molecule has 0 saturated heterocycles. The summed E-state index contributed by atoms with van der Waals surface area (Å²) >= 11 is 3.25. The van der Waals surface area contributed by atoms with Gasteiger partial charge < -0.3 is 10.6 Å². The van der Waals surface area contributed by atoms with Crippen molar-refractivity contribution in [2.24, 2.45) is 4.99 Å². The standard InChI is InChI=1S/C13H19BrFN3.HI/c1-3-17-13(16-2)18-8-4-5-10-6-7-11(14)9-12(10)15;/h6-7,9H,3-5,8H2,1-2H3,(H2,16,17,18);1H. The molecule has 0 heterocycles. The molecule has 108 valence electrons. The van der Waals surface area contributed by atoms with Crippen molar-refractivity contribution < 1.29 is 4.39 Å². The molecule has 3 nitrogen and oxygen atoms in total. The zero-order valence-electron chi connectivity index (χ0n) is 11.2. The molecule has 0 aliphatic rings. The summed E-state index contributed by atoms with van der Waals surface area (Å²) < 4.78 is 14.3. The summed E-state index contributed by atoms with van der Waals surface area (Å²) in [5.41, 5.74) is 0.749. The first-order valence-corrected chi connectivity index (χ1v) is 6.85. The Labute approximate surface area is 139 Å². The second-order valence-corrected chi connectivity index (χ2v) is 4.78. The van der Waals surface area contributed by atoms with E-state index in [0.29, 0.717) is 0 Å². The Balaban J connectivity index is 0.00000324. The highest BCUT2D eigenvalue weighted by molar-refractivity contribution is 14.0. The van der Waals surface area contributed by atoms with E-state index < -0.39 is 0 Å². The fraction of sp³-hybridized carbons (Fsp3) is 0.462. The normalized spacial score (nSPS) is 10.8. The predicted octanol–water partition coefficient (Wildman–Crippen LogP) is 3.32. The topological polar surface area (TPSA) is 36.4 Å². The van der Waals surface area contributed by atoms with Gasteiger partial charge in [0.2, 0.25) is 0 Å². The number of benzene rings is 1. The molecule has 1 aromatic rings. The van der Waals surface area contributed by atoms with Crippen molar-refractivity contribution >= 4 is 45.9 Å². The molecule has 0 aromatic heterocycles. The molecule has 0 aliphatic carbocycles. The zero-order valence-corrected chi connectivity index (χ0v) is 15.1. The first kappa shape index (κ1) is 18.6. The van der Waals surface area contributed by atoms with Gasteiger partial charge in [-0.15, -0.1) is 24.0 Å². The first-order chi connectivity index (χ1) is 8.67. The third-order valence-electron chi connectivity index (χ3n) is 2.50. The maximum absolute atomic E-state index is 13.5. The predicted molar refractivity (Wildman–Crippen MR) is 92.9 cm³/mol. The highest BCUT2D eigenvalue weighted by atomic mass is 127. The average molecular weight is 444 g/mol. The maximum Gasteiger partial charge on any atom is 0.190 e. The number of aryl methyl sites for hydroxylation is 1. The van der Waals surface area contributed by atoms with Crippen LogP contribution in [0.2, 0.25) is 0 Å². The van der Waals surface area contributed by atoms with Gasteiger partial charge in [0.15, 0.2) is 5.96 Å². The van der Waals surface area contributed by atoms with Crippen LogP contribution in [-0.2, 0) is 6.42 Å². The molecular weight excluding hydrogens is 424 g/mol. The van der Waals surface area contributed by atoms with E-state index in [0.717, 1.165) is 41.9 Å². The Hall–Kier alpha value is -0.370. The lowest BCUT2D eigenvalue weighted by atomic mass is 10.1. The Bertz CT molecular complexity index is 413. The van der Waals surface area contributed by atoms with Crippen LogP contribution in [0, 0.1) is 5.82 Å². The summed E-state index contributed by atoms with van der Waals surface area (Å²) in [7, 11) is 1.74. The van der Waals surface area contributed by atoms with Gasteiger partial charge in [-0.3, -0.25) is 4.99 Å². The first-order valence-electron chi connectivity index (χ1n) is 6.05. The van der Waals surface area contributed by atoms with E-state index in [1.807, 2.05) is 19.1 Å². The minimum Gasteiger partial charge on any atom is -0.357 e. The number of guanidine groups is 1. The lowest BCUT2D eigenvalue weighted by molar-refractivity contribution is 0.602. The van der Waals surface area contributed by atoms with Crippen LogP contribution in [0.3, 0.4) is 0 Å². The number of nitrogens with one attached hydrogen (secondary N) is 2. The Morgan fingerprint density at radius 2 is 2.11 bits per heavy atom. The highest BCUT2D eigenvalue weighted by Gasteiger charge is 2.02. The second kappa shape index (κ2) is 10.4. The van der Waals surface area contributed by atoms with Crippen molar-refractivity contribution in [1.82, 2.24) is 10.6 Å². The van der Waals surface area contributed by atoms with Gasteiger partial charge in [-0.25, -0.2) is 4.39 Å². The van der Waals surface area contributed by atoms with Crippen LogP contribution in [0.25, 0.3) is 0 Å². The molecule has 6 heteroatoms. The van der Waals surface area contributed by atoms with Crippen LogP contribution in [0.4, 0.5) is 4.39 Å². The van der Waals surface area contributed by atoms with Gasteiger partial charge in [0, 0.05) is 24.6 Å². The molecule has 19 heavy (non-hydrogen) atoms. The lowest BCUT2D eigenvalue weighted by Crippen LogP contribution is -2.37. The number of hydrogen-bond acceptors (Lipinski definition) is 1. The zero-order chi connectivity index (χ0) is 13.4. The SMILES string of the molecule is CCNC(=NC)NCCCc1ccc(Br)cc1F.I. The molecule has 2 N–H and O–H groups in total. The summed E-state index contributed by atoms with van der Waals surface area (Å²) in [6, 6.07) is 5.18. The maximum atomic E-state index is 13.5. The van der Waals surface area contributed by atoms with E-state index >= 15 is 0 Å². The van der Waals surface area contributed by atoms with E-state index in [2.05, 4.69) is 31.6 Å². The molecule has 0 fully saturated rings. The molecule has 0 spiro atoms. The molecule has 0 aliphatic heterocycles.